The fraction of sp³-hybridized carbons (Fsp3) is 0.357. The van der Waals surface area contributed by atoms with Crippen LogP contribution >= 0.6 is 11.3 Å². The topological polar surface area (TPSA) is 138 Å². The second-order valence-corrected chi connectivity index (χ2v) is 13.8. The van der Waals surface area contributed by atoms with Crippen LogP contribution in [-0.2, 0) is 33.1 Å². The van der Waals surface area contributed by atoms with Crippen molar-refractivity contribution < 1.29 is 49.4 Å². The van der Waals surface area contributed by atoms with Gasteiger partial charge in [-0.3, -0.25) is 4.79 Å². The number of nitrogens with zero attached hydrogens (tertiary/aromatic N) is 5. The van der Waals surface area contributed by atoms with Gasteiger partial charge in [0.2, 0.25) is 15.9 Å². The van der Waals surface area contributed by atoms with Gasteiger partial charge in [-0.15, -0.1) is 13.2 Å². The summed E-state index contributed by atoms with van der Waals surface area (Å²) in [6, 6.07) is 6.19. The molecule has 0 radical (unpaired) electrons. The number of carbonyl (C=O) groups excluding carboxylic acids is 1. The molecule has 4 aromatic rings. The molecule has 0 spiro atoms. The molecule has 252 valence electrons. The standard InChI is InChI=1S/C28H26F6N6O5S2/c1-26(2,42)24-36-14-21-22(37-24)38-25(46-21)39-11-12-40(47(43,44)19-9-5-17(6-10-19)27(29,30)31)20(15-39)23(41)35-13-16-3-7-18(8-4-16)45-28(32,33)34/h3-10,14,20,42H,11-13,15H2,1-2H3,(H,35,41)/t20-/m1/s1. The van der Waals surface area contributed by atoms with Crippen molar-refractivity contribution in [1.29, 1.82) is 0 Å². The van der Waals surface area contributed by atoms with Crippen molar-refractivity contribution in [1.82, 2.24) is 24.6 Å². The molecule has 1 aliphatic rings. The van der Waals surface area contributed by atoms with Gasteiger partial charge in [-0.1, -0.05) is 23.5 Å². The highest BCUT2D eigenvalue weighted by atomic mass is 32.2. The van der Waals surface area contributed by atoms with E-state index in [1.807, 2.05) is 0 Å². The maximum absolute atomic E-state index is 13.7. The molecule has 11 nitrogen and oxygen atoms in total. The van der Waals surface area contributed by atoms with Crippen LogP contribution in [0.3, 0.4) is 0 Å². The van der Waals surface area contributed by atoms with Gasteiger partial charge in [0.05, 0.1) is 21.4 Å². The molecule has 1 atom stereocenters. The largest absolute Gasteiger partial charge is 0.573 e. The molecular formula is C28H26F6N6O5S2. The van der Waals surface area contributed by atoms with Crippen molar-refractivity contribution in [2.24, 2.45) is 0 Å². The summed E-state index contributed by atoms with van der Waals surface area (Å²) in [5.41, 5.74) is -1.74. The van der Waals surface area contributed by atoms with Crippen LogP contribution in [0.25, 0.3) is 10.3 Å². The zero-order valence-electron chi connectivity index (χ0n) is 24.5. The van der Waals surface area contributed by atoms with Crippen LogP contribution in [0.4, 0.5) is 31.5 Å². The third-order valence-electron chi connectivity index (χ3n) is 7.00. The van der Waals surface area contributed by atoms with E-state index in [4.69, 9.17) is 0 Å². The van der Waals surface area contributed by atoms with Gasteiger partial charge >= 0.3 is 12.5 Å². The van der Waals surface area contributed by atoms with E-state index in [-0.39, 0.29) is 37.7 Å². The van der Waals surface area contributed by atoms with E-state index in [9.17, 15) is 44.7 Å². The average Bonchev–Trinajstić information content (AvgIpc) is 3.42. The number of ether oxygens (including phenoxy) is 1. The fourth-order valence-corrected chi connectivity index (χ4v) is 7.15. The Kier molecular flexibility index (Phi) is 9.12. The van der Waals surface area contributed by atoms with Crippen LogP contribution in [0, 0.1) is 0 Å². The molecule has 2 aromatic heterocycles. The normalized spacial score (nSPS) is 16.8. The van der Waals surface area contributed by atoms with Gasteiger partial charge in [0.1, 0.15) is 17.4 Å². The molecule has 0 unspecified atom stereocenters. The number of amides is 1. The molecule has 0 saturated carbocycles. The lowest BCUT2D eigenvalue weighted by atomic mass is 10.1. The third-order valence-corrected chi connectivity index (χ3v) is 9.96. The Labute approximate surface area is 267 Å². The summed E-state index contributed by atoms with van der Waals surface area (Å²) in [5, 5.41) is 13.2. The molecule has 2 aromatic carbocycles. The predicted molar refractivity (Wildman–Crippen MR) is 157 cm³/mol. The number of carbonyl (C=O) groups is 1. The number of nitrogens with one attached hydrogen (secondary N) is 1. The van der Waals surface area contributed by atoms with Crippen LogP contribution in [0.15, 0.2) is 59.6 Å². The van der Waals surface area contributed by atoms with Crippen LogP contribution in [0.5, 0.6) is 5.75 Å². The molecule has 1 fully saturated rings. The first-order chi connectivity index (χ1) is 21.8. The second kappa shape index (κ2) is 12.5. The van der Waals surface area contributed by atoms with Crippen LogP contribution in [0.2, 0.25) is 0 Å². The van der Waals surface area contributed by atoms with Gasteiger partial charge in [-0.05, 0) is 55.8 Å². The molecule has 1 saturated heterocycles. The molecule has 1 aliphatic heterocycles. The second-order valence-electron chi connectivity index (χ2n) is 10.9. The minimum Gasteiger partial charge on any atom is -0.406 e. The third kappa shape index (κ3) is 7.91. The number of aromatic nitrogens is 3. The number of rotatable bonds is 8. The van der Waals surface area contributed by atoms with E-state index < -0.39 is 56.3 Å². The Balaban J connectivity index is 1.41. The minimum absolute atomic E-state index is 0.0515. The zero-order chi connectivity index (χ0) is 34.4. The van der Waals surface area contributed by atoms with E-state index in [2.05, 4.69) is 25.0 Å². The highest BCUT2D eigenvalue weighted by molar-refractivity contribution is 7.89. The zero-order valence-corrected chi connectivity index (χ0v) is 26.1. The number of halogens is 6. The number of fused-ring (bicyclic) bond motifs is 1. The number of thiazole rings is 1. The van der Waals surface area contributed by atoms with Gasteiger partial charge in [0.15, 0.2) is 16.6 Å². The number of sulfonamides is 1. The van der Waals surface area contributed by atoms with E-state index in [1.54, 1.807) is 4.90 Å². The maximum atomic E-state index is 13.7. The SMILES string of the molecule is CC(C)(O)c1ncc2sc(N3CCN(S(=O)(=O)c4ccc(C(F)(F)F)cc4)[C@@H](C(=O)NCc4ccc(OC(F)(F)F)cc4)C3)nc2n1. The Hall–Kier alpha value is -4.07. The summed E-state index contributed by atoms with van der Waals surface area (Å²) < 4.78 is 110. The predicted octanol–water partition coefficient (Wildman–Crippen LogP) is 4.43. The summed E-state index contributed by atoms with van der Waals surface area (Å²) in [4.78, 5) is 27.7. The van der Waals surface area contributed by atoms with E-state index in [0.29, 0.717) is 27.5 Å². The van der Waals surface area contributed by atoms with Crippen LogP contribution < -0.4 is 15.0 Å². The minimum atomic E-state index is -4.89. The maximum Gasteiger partial charge on any atom is 0.573 e. The Morgan fingerprint density at radius 1 is 1.02 bits per heavy atom. The van der Waals surface area contributed by atoms with Gasteiger partial charge < -0.3 is 20.1 Å². The van der Waals surface area contributed by atoms with Crippen LogP contribution in [-0.4, -0.2) is 70.7 Å². The molecule has 19 heteroatoms. The van der Waals surface area contributed by atoms with Crippen molar-refractivity contribution in [3.63, 3.8) is 0 Å². The summed E-state index contributed by atoms with van der Waals surface area (Å²) >= 11 is 1.17. The monoisotopic (exact) mass is 704 g/mol. The molecule has 47 heavy (non-hydrogen) atoms. The number of piperazine rings is 1. The first kappa shape index (κ1) is 34.3. The Bertz CT molecular complexity index is 1860. The van der Waals surface area contributed by atoms with E-state index >= 15 is 0 Å². The highest BCUT2D eigenvalue weighted by Gasteiger charge is 2.41. The molecule has 2 N–H and O–H groups in total. The highest BCUT2D eigenvalue weighted by Crippen LogP contribution is 2.33. The van der Waals surface area contributed by atoms with Crippen molar-refractivity contribution in [2.75, 3.05) is 24.5 Å². The molecule has 1 amide bonds. The fourth-order valence-electron chi connectivity index (χ4n) is 4.66. The number of benzene rings is 2. The van der Waals surface area contributed by atoms with Gasteiger partial charge in [0, 0.05) is 26.2 Å². The van der Waals surface area contributed by atoms with E-state index in [0.717, 1.165) is 28.6 Å². The molecule has 5 rings (SSSR count). The van der Waals surface area contributed by atoms with E-state index in [1.165, 1.54) is 43.5 Å². The summed E-state index contributed by atoms with van der Waals surface area (Å²) in [7, 11) is -4.49. The summed E-state index contributed by atoms with van der Waals surface area (Å²) in [5.74, 6) is -1.12. The molecule has 3 heterocycles. The van der Waals surface area contributed by atoms with Crippen molar-refractivity contribution >= 4 is 42.7 Å². The first-order valence-electron chi connectivity index (χ1n) is 13.7. The number of alkyl halides is 6. The van der Waals surface area contributed by atoms with Crippen molar-refractivity contribution in [3.8, 4) is 5.75 Å². The number of hydrogen-bond donors (Lipinski definition) is 2. The van der Waals surface area contributed by atoms with Crippen molar-refractivity contribution in [2.45, 2.75) is 49.5 Å². The van der Waals surface area contributed by atoms with Gasteiger partial charge in [-0.2, -0.15) is 22.5 Å². The number of anilines is 1. The Morgan fingerprint density at radius 2 is 1.68 bits per heavy atom. The molecular weight excluding hydrogens is 678 g/mol. The van der Waals surface area contributed by atoms with Gasteiger partial charge in [-0.25, -0.2) is 18.4 Å². The lowest BCUT2D eigenvalue weighted by Crippen LogP contribution is -2.60. The first-order valence-corrected chi connectivity index (χ1v) is 16.0. The average molecular weight is 705 g/mol. The summed E-state index contributed by atoms with van der Waals surface area (Å²) in [6.07, 6.45) is -8.10. The van der Waals surface area contributed by atoms with Crippen LogP contribution in [0.1, 0.15) is 30.8 Å². The lowest BCUT2D eigenvalue weighted by molar-refractivity contribution is -0.274. The smallest absolute Gasteiger partial charge is 0.406 e. The Morgan fingerprint density at radius 3 is 2.28 bits per heavy atom. The van der Waals surface area contributed by atoms with Gasteiger partial charge in [0.25, 0.3) is 0 Å². The summed E-state index contributed by atoms with van der Waals surface area (Å²) in [6.45, 7) is 2.41. The lowest BCUT2D eigenvalue weighted by Gasteiger charge is -2.39. The number of hydrogen-bond acceptors (Lipinski definition) is 10. The molecule has 0 bridgehead atoms. The quantitative estimate of drug-likeness (QED) is 0.255. The number of aliphatic hydroxyl groups is 1. The van der Waals surface area contributed by atoms with Crippen molar-refractivity contribution in [3.05, 3.63) is 71.7 Å². The molecule has 0 aliphatic carbocycles.